The second-order valence-corrected chi connectivity index (χ2v) is 3.97. The van der Waals surface area contributed by atoms with E-state index in [1.165, 1.54) is 0 Å². The standard InChI is InChI=1S/C14H17NO2/c1-11-6-7-14(15(11)8-9-16)12-4-3-5-13(10-12)17-2/h3-7,10,16H,8-9H2,1-2H3. The van der Waals surface area contributed by atoms with Gasteiger partial charge in [-0.05, 0) is 31.2 Å². The molecular formula is C14H17NO2. The first-order valence-electron chi connectivity index (χ1n) is 5.67. The molecule has 1 heterocycles. The summed E-state index contributed by atoms with van der Waals surface area (Å²) >= 11 is 0. The van der Waals surface area contributed by atoms with Gasteiger partial charge in [-0.15, -0.1) is 0 Å². The maximum atomic E-state index is 9.09. The molecule has 0 atom stereocenters. The van der Waals surface area contributed by atoms with Gasteiger partial charge in [0.05, 0.1) is 13.7 Å². The molecule has 0 aliphatic heterocycles. The topological polar surface area (TPSA) is 34.4 Å². The van der Waals surface area contributed by atoms with Crippen molar-refractivity contribution in [3.8, 4) is 17.0 Å². The summed E-state index contributed by atoms with van der Waals surface area (Å²) in [6.45, 7) is 2.80. The third-order valence-electron chi connectivity index (χ3n) is 2.89. The maximum absolute atomic E-state index is 9.09. The Kier molecular flexibility index (Phi) is 3.49. The van der Waals surface area contributed by atoms with Gasteiger partial charge in [-0.2, -0.15) is 0 Å². The van der Waals surface area contributed by atoms with Crippen LogP contribution in [0.5, 0.6) is 5.75 Å². The van der Waals surface area contributed by atoms with Crippen LogP contribution in [-0.2, 0) is 6.54 Å². The van der Waals surface area contributed by atoms with Gasteiger partial charge in [-0.25, -0.2) is 0 Å². The number of aliphatic hydroxyl groups excluding tert-OH is 1. The fraction of sp³-hybridized carbons (Fsp3) is 0.286. The van der Waals surface area contributed by atoms with Crippen LogP contribution in [0, 0.1) is 6.92 Å². The average molecular weight is 231 g/mol. The minimum absolute atomic E-state index is 0.145. The van der Waals surface area contributed by atoms with Gasteiger partial charge in [-0.1, -0.05) is 12.1 Å². The third-order valence-corrected chi connectivity index (χ3v) is 2.89. The quantitative estimate of drug-likeness (QED) is 0.877. The van der Waals surface area contributed by atoms with E-state index in [1.807, 2.05) is 31.2 Å². The maximum Gasteiger partial charge on any atom is 0.119 e. The highest BCUT2D eigenvalue weighted by atomic mass is 16.5. The molecule has 0 aliphatic rings. The van der Waals surface area contributed by atoms with Crippen molar-refractivity contribution in [3.05, 3.63) is 42.1 Å². The van der Waals surface area contributed by atoms with Gasteiger partial charge in [0.1, 0.15) is 5.75 Å². The van der Waals surface area contributed by atoms with Crippen molar-refractivity contribution >= 4 is 0 Å². The summed E-state index contributed by atoms with van der Waals surface area (Å²) < 4.78 is 7.33. The second-order valence-electron chi connectivity index (χ2n) is 3.97. The SMILES string of the molecule is COc1cccc(-c2ccc(C)n2CCO)c1. The van der Waals surface area contributed by atoms with Crippen molar-refractivity contribution in [1.29, 1.82) is 0 Å². The van der Waals surface area contributed by atoms with E-state index in [0.717, 1.165) is 22.7 Å². The molecule has 3 heteroatoms. The van der Waals surface area contributed by atoms with Crippen LogP contribution < -0.4 is 4.74 Å². The number of aliphatic hydroxyl groups is 1. The third kappa shape index (κ3) is 2.34. The zero-order chi connectivity index (χ0) is 12.3. The molecule has 1 aromatic heterocycles. The van der Waals surface area contributed by atoms with Crippen molar-refractivity contribution in [2.75, 3.05) is 13.7 Å². The lowest BCUT2D eigenvalue weighted by molar-refractivity contribution is 0.276. The summed E-state index contributed by atoms with van der Waals surface area (Å²) in [5.74, 6) is 0.844. The molecule has 0 bridgehead atoms. The van der Waals surface area contributed by atoms with E-state index in [4.69, 9.17) is 9.84 Å². The Hall–Kier alpha value is -1.74. The lowest BCUT2D eigenvalue weighted by atomic mass is 10.1. The Balaban J connectivity index is 2.44. The molecular weight excluding hydrogens is 214 g/mol. The van der Waals surface area contributed by atoms with Gasteiger partial charge in [0.25, 0.3) is 0 Å². The number of rotatable bonds is 4. The number of nitrogens with zero attached hydrogens (tertiary/aromatic N) is 1. The van der Waals surface area contributed by atoms with Crippen molar-refractivity contribution in [3.63, 3.8) is 0 Å². The van der Waals surface area contributed by atoms with Gasteiger partial charge in [0, 0.05) is 23.5 Å². The number of benzene rings is 1. The van der Waals surface area contributed by atoms with Crippen molar-refractivity contribution in [1.82, 2.24) is 4.57 Å². The van der Waals surface area contributed by atoms with E-state index in [0.29, 0.717) is 6.54 Å². The predicted octanol–water partition coefficient (Wildman–Crippen LogP) is 2.46. The Bertz CT molecular complexity index is 503. The van der Waals surface area contributed by atoms with Gasteiger partial charge in [0.2, 0.25) is 0 Å². The molecule has 2 aromatic rings. The second kappa shape index (κ2) is 5.06. The Labute approximate surface area is 101 Å². The van der Waals surface area contributed by atoms with Crippen LogP contribution in [0.3, 0.4) is 0 Å². The summed E-state index contributed by atoms with van der Waals surface area (Å²) in [5, 5.41) is 9.09. The molecule has 0 saturated carbocycles. The smallest absolute Gasteiger partial charge is 0.119 e. The van der Waals surface area contributed by atoms with E-state index in [-0.39, 0.29) is 6.61 Å². The number of ether oxygens (including phenoxy) is 1. The number of aromatic nitrogens is 1. The molecule has 0 spiro atoms. The van der Waals surface area contributed by atoms with Crippen LogP contribution in [0.15, 0.2) is 36.4 Å². The van der Waals surface area contributed by atoms with E-state index >= 15 is 0 Å². The van der Waals surface area contributed by atoms with Crippen LogP contribution in [0.25, 0.3) is 11.3 Å². The first-order chi connectivity index (χ1) is 8.26. The number of methoxy groups -OCH3 is 1. The first-order valence-corrected chi connectivity index (χ1v) is 5.67. The summed E-state index contributed by atoms with van der Waals surface area (Å²) in [5.41, 5.74) is 3.36. The van der Waals surface area contributed by atoms with Crippen LogP contribution >= 0.6 is 0 Å². The van der Waals surface area contributed by atoms with Gasteiger partial charge >= 0.3 is 0 Å². The van der Waals surface area contributed by atoms with Crippen molar-refractivity contribution < 1.29 is 9.84 Å². The zero-order valence-electron chi connectivity index (χ0n) is 10.2. The Morgan fingerprint density at radius 1 is 1.24 bits per heavy atom. The van der Waals surface area contributed by atoms with E-state index in [2.05, 4.69) is 16.7 Å². The minimum atomic E-state index is 0.145. The zero-order valence-corrected chi connectivity index (χ0v) is 10.2. The fourth-order valence-electron chi connectivity index (χ4n) is 2.00. The van der Waals surface area contributed by atoms with Crippen LogP contribution in [0.4, 0.5) is 0 Å². The Morgan fingerprint density at radius 2 is 2.06 bits per heavy atom. The molecule has 2 rings (SSSR count). The predicted molar refractivity (Wildman–Crippen MR) is 68.2 cm³/mol. The Morgan fingerprint density at radius 3 is 2.76 bits per heavy atom. The van der Waals surface area contributed by atoms with E-state index in [1.54, 1.807) is 7.11 Å². The first kappa shape index (κ1) is 11.7. The van der Waals surface area contributed by atoms with Crippen LogP contribution in [-0.4, -0.2) is 23.4 Å². The summed E-state index contributed by atoms with van der Waals surface area (Å²) in [4.78, 5) is 0. The number of hydrogen-bond acceptors (Lipinski definition) is 2. The largest absolute Gasteiger partial charge is 0.497 e. The summed E-state index contributed by atoms with van der Waals surface area (Å²) in [6, 6.07) is 12.1. The normalized spacial score (nSPS) is 10.5. The summed E-state index contributed by atoms with van der Waals surface area (Å²) in [6.07, 6.45) is 0. The average Bonchev–Trinajstić information content (AvgIpc) is 2.72. The molecule has 17 heavy (non-hydrogen) atoms. The minimum Gasteiger partial charge on any atom is -0.497 e. The van der Waals surface area contributed by atoms with Crippen molar-refractivity contribution in [2.45, 2.75) is 13.5 Å². The van der Waals surface area contributed by atoms with E-state index in [9.17, 15) is 0 Å². The monoisotopic (exact) mass is 231 g/mol. The highest BCUT2D eigenvalue weighted by molar-refractivity contribution is 5.62. The molecule has 1 N–H and O–H groups in total. The van der Waals surface area contributed by atoms with E-state index < -0.39 is 0 Å². The fourth-order valence-corrected chi connectivity index (χ4v) is 2.00. The number of aryl methyl sites for hydroxylation is 1. The van der Waals surface area contributed by atoms with Crippen LogP contribution in [0.2, 0.25) is 0 Å². The molecule has 0 amide bonds. The molecule has 0 saturated heterocycles. The van der Waals surface area contributed by atoms with Crippen LogP contribution in [0.1, 0.15) is 5.69 Å². The highest BCUT2D eigenvalue weighted by Gasteiger charge is 2.07. The van der Waals surface area contributed by atoms with Gasteiger partial charge in [-0.3, -0.25) is 0 Å². The van der Waals surface area contributed by atoms with Gasteiger partial charge in [0.15, 0.2) is 0 Å². The summed E-state index contributed by atoms with van der Waals surface area (Å²) in [7, 11) is 1.66. The molecule has 0 aliphatic carbocycles. The molecule has 1 aromatic carbocycles. The molecule has 0 radical (unpaired) electrons. The molecule has 0 unspecified atom stereocenters. The van der Waals surface area contributed by atoms with Gasteiger partial charge < -0.3 is 14.4 Å². The molecule has 3 nitrogen and oxygen atoms in total. The number of hydrogen-bond donors (Lipinski definition) is 1. The molecule has 0 fully saturated rings. The highest BCUT2D eigenvalue weighted by Crippen LogP contribution is 2.25. The molecule has 90 valence electrons. The van der Waals surface area contributed by atoms with Crippen molar-refractivity contribution in [2.24, 2.45) is 0 Å². The lowest BCUT2D eigenvalue weighted by Crippen LogP contribution is -2.05. The lowest BCUT2D eigenvalue weighted by Gasteiger charge is -2.11.